The first kappa shape index (κ1) is 13.3. The molecular weight excluding hydrogens is 248 g/mol. The Balaban J connectivity index is 2.18. The van der Waals surface area contributed by atoms with Crippen LogP contribution in [0.2, 0.25) is 5.15 Å². The summed E-state index contributed by atoms with van der Waals surface area (Å²) in [4.78, 5) is 18.5. The lowest BCUT2D eigenvalue weighted by molar-refractivity contribution is 0.0600. The van der Waals surface area contributed by atoms with Crippen molar-refractivity contribution < 1.29 is 4.79 Å². The number of rotatable bonds is 3. The van der Waals surface area contributed by atoms with Crippen molar-refractivity contribution in [2.45, 2.75) is 45.1 Å². The van der Waals surface area contributed by atoms with E-state index in [0.29, 0.717) is 16.8 Å². The summed E-state index contributed by atoms with van der Waals surface area (Å²) in [5.41, 5.74) is 0.530. The van der Waals surface area contributed by atoms with E-state index in [1.54, 1.807) is 18.3 Å². The van der Waals surface area contributed by atoms with Gasteiger partial charge < -0.3 is 4.90 Å². The van der Waals surface area contributed by atoms with Crippen molar-refractivity contribution in [2.24, 2.45) is 0 Å². The highest BCUT2D eigenvalue weighted by Gasteiger charge is 2.27. The van der Waals surface area contributed by atoms with Crippen molar-refractivity contribution in [2.75, 3.05) is 6.54 Å². The lowest BCUT2D eigenvalue weighted by Gasteiger charge is -2.36. The van der Waals surface area contributed by atoms with Crippen LogP contribution in [-0.2, 0) is 0 Å². The summed E-state index contributed by atoms with van der Waals surface area (Å²) < 4.78 is 0. The van der Waals surface area contributed by atoms with Gasteiger partial charge in [-0.15, -0.1) is 0 Å². The number of hydrogen-bond acceptors (Lipinski definition) is 2. The Morgan fingerprint density at radius 2 is 2.39 bits per heavy atom. The maximum absolute atomic E-state index is 12.5. The summed E-state index contributed by atoms with van der Waals surface area (Å²) in [6.07, 6.45) is 7.20. The first-order chi connectivity index (χ1) is 8.74. The van der Waals surface area contributed by atoms with Gasteiger partial charge in [-0.05, 0) is 37.8 Å². The molecule has 4 heteroatoms. The fraction of sp³-hybridized carbons (Fsp3) is 0.571. The van der Waals surface area contributed by atoms with Crippen LogP contribution in [0.1, 0.15) is 49.4 Å². The Hall–Kier alpha value is -1.09. The molecule has 0 bridgehead atoms. The molecule has 1 amide bonds. The number of nitrogens with zero attached hydrogens (tertiary/aromatic N) is 2. The molecule has 1 aliphatic rings. The molecule has 3 nitrogen and oxygen atoms in total. The van der Waals surface area contributed by atoms with Crippen LogP contribution in [0.15, 0.2) is 18.3 Å². The predicted molar refractivity (Wildman–Crippen MR) is 72.8 cm³/mol. The van der Waals surface area contributed by atoms with Crippen LogP contribution in [0.3, 0.4) is 0 Å². The molecule has 2 rings (SSSR count). The van der Waals surface area contributed by atoms with E-state index in [1.807, 2.05) is 4.90 Å². The van der Waals surface area contributed by atoms with E-state index in [0.717, 1.165) is 32.2 Å². The first-order valence-electron chi connectivity index (χ1n) is 6.65. The summed E-state index contributed by atoms with van der Waals surface area (Å²) in [5.74, 6) is 0.0336. The lowest BCUT2D eigenvalue weighted by atomic mass is 9.97. The minimum absolute atomic E-state index is 0.0336. The molecule has 1 unspecified atom stereocenters. The number of amides is 1. The van der Waals surface area contributed by atoms with Gasteiger partial charge in [-0.1, -0.05) is 24.9 Å². The standard InChI is InChI=1S/C14H19ClN2O/c1-2-6-11-7-3-4-10-17(11)14(18)12-8-5-9-16-13(12)15/h5,8-9,11H,2-4,6-7,10H2,1H3. The van der Waals surface area contributed by atoms with Crippen LogP contribution in [0.4, 0.5) is 0 Å². The van der Waals surface area contributed by atoms with Gasteiger partial charge in [0.15, 0.2) is 0 Å². The molecule has 1 aliphatic heterocycles. The van der Waals surface area contributed by atoms with E-state index < -0.39 is 0 Å². The topological polar surface area (TPSA) is 33.2 Å². The van der Waals surface area contributed by atoms with Crippen molar-refractivity contribution >= 4 is 17.5 Å². The number of hydrogen-bond donors (Lipinski definition) is 0. The predicted octanol–water partition coefficient (Wildman–Crippen LogP) is 3.53. The normalized spacial score (nSPS) is 19.9. The third-order valence-electron chi connectivity index (χ3n) is 3.50. The Morgan fingerprint density at radius 1 is 1.56 bits per heavy atom. The zero-order chi connectivity index (χ0) is 13.0. The molecule has 1 aromatic heterocycles. The first-order valence-corrected chi connectivity index (χ1v) is 7.03. The number of pyridine rings is 1. The molecule has 0 saturated carbocycles. The average Bonchev–Trinajstić information content (AvgIpc) is 2.40. The van der Waals surface area contributed by atoms with E-state index in [2.05, 4.69) is 11.9 Å². The van der Waals surface area contributed by atoms with Gasteiger partial charge in [0.05, 0.1) is 5.56 Å². The van der Waals surface area contributed by atoms with E-state index in [-0.39, 0.29) is 5.91 Å². The molecule has 0 radical (unpaired) electrons. The number of likely N-dealkylation sites (tertiary alicyclic amines) is 1. The number of aromatic nitrogens is 1. The molecule has 1 atom stereocenters. The second-order valence-corrected chi connectivity index (χ2v) is 5.14. The molecule has 0 N–H and O–H groups in total. The Morgan fingerprint density at radius 3 is 3.11 bits per heavy atom. The van der Waals surface area contributed by atoms with Crippen LogP contribution < -0.4 is 0 Å². The highest BCUT2D eigenvalue weighted by Crippen LogP contribution is 2.24. The SMILES string of the molecule is CCCC1CCCCN1C(=O)c1cccnc1Cl. The van der Waals surface area contributed by atoms with E-state index >= 15 is 0 Å². The Kier molecular flexibility index (Phi) is 4.59. The fourth-order valence-electron chi connectivity index (χ4n) is 2.60. The van der Waals surface area contributed by atoms with Crippen molar-refractivity contribution in [3.05, 3.63) is 29.0 Å². The monoisotopic (exact) mass is 266 g/mol. The zero-order valence-corrected chi connectivity index (χ0v) is 11.5. The average molecular weight is 267 g/mol. The highest BCUT2D eigenvalue weighted by atomic mass is 35.5. The van der Waals surface area contributed by atoms with E-state index in [9.17, 15) is 4.79 Å². The highest BCUT2D eigenvalue weighted by molar-refractivity contribution is 6.32. The molecular formula is C14H19ClN2O. The number of carbonyl (C=O) groups is 1. The van der Waals surface area contributed by atoms with Gasteiger partial charge >= 0.3 is 0 Å². The molecule has 0 aromatic carbocycles. The number of carbonyl (C=O) groups excluding carboxylic acids is 1. The van der Waals surface area contributed by atoms with Crippen LogP contribution in [-0.4, -0.2) is 28.4 Å². The van der Waals surface area contributed by atoms with E-state index in [4.69, 9.17) is 11.6 Å². The summed E-state index contributed by atoms with van der Waals surface area (Å²) in [6, 6.07) is 3.89. The summed E-state index contributed by atoms with van der Waals surface area (Å²) in [7, 11) is 0. The van der Waals surface area contributed by atoms with Crippen LogP contribution >= 0.6 is 11.6 Å². The van der Waals surface area contributed by atoms with Crippen molar-refractivity contribution in [1.29, 1.82) is 0 Å². The molecule has 18 heavy (non-hydrogen) atoms. The summed E-state index contributed by atoms with van der Waals surface area (Å²) in [6.45, 7) is 3.00. The van der Waals surface area contributed by atoms with Crippen molar-refractivity contribution in [3.63, 3.8) is 0 Å². The molecule has 2 heterocycles. The fourth-order valence-corrected chi connectivity index (χ4v) is 2.80. The van der Waals surface area contributed by atoms with Crippen LogP contribution in [0.5, 0.6) is 0 Å². The van der Waals surface area contributed by atoms with Gasteiger partial charge in [0.1, 0.15) is 5.15 Å². The van der Waals surface area contributed by atoms with Gasteiger partial charge in [-0.2, -0.15) is 0 Å². The molecule has 1 aromatic rings. The summed E-state index contributed by atoms with van der Waals surface area (Å²) in [5, 5.41) is 0.309. The Bertz CT molecular complexity index is 420. The second-order valence-electron chi connectivity index (χ2n) is 4.78. The van der Waals surface area contributed by atoms with Gasteiger partial charge in [0.2, 0.25) is 0 Å². The van der Waals surface area contributed by atoms with E-state index in [1.165, 1.54) is 6.42 Å². The van der Waals surface area contributed by atoms with Crippen molar-refractivity contribution in [3.8, 4) is 0 Å². The maximum atomic E-state index is 12.5. The maximum Gasteiger partial charge on any atom is 0.257 e. The molecule has 0 spiro atoms. The molecule has 1 saturated heterocycles. The quantitative estimate of drug-likeness (QED) is 0.784. The zero-order valence-electron chi connectivity index (χ0n) is 10.7. The third kappa shape index (κ3) is 2.83. The van der Waals surface area contributed by atoms with Crippen LogP contribution in [0, 0.1) is 0 Å². The van der Waals surface area contributed by atoms with Gasteiger partial charge in [0.25, 0.3) is 5.91 Å². The second kappa shape index (κ2) is 6.19. The minimum Gasteiger partial charge on any atom is -0.336 e. The lowest BCUT2D eigenvalue weighted by Crippen LogP contribution is -2.43. The summed E-state index contributed by atoms with van der Waals surface area (Å²) >= 11 is 6.00. The molecule has 98 valence electrons. The van der Waals surface area contributed by atoms with Gasteiger partial charge in [-0.25, -0.2) is 4.98 Å². The van der Waals surface area contributed by atoms with Crippen molar-refractivity contribution in [1.82, 2.24) is 9.88 Å². The largest absolute Gasteiger partial charge is 0.336 e. The van der Waals surface area contributed by atoms with Crippen LogP contribution in [0.25, 0.3) is 0 Å². The number of halogens is 1. The molecule has 0 aliphatic carbocycles. The Labute approximate surface area is 113 Å². The third-order valence-corrected chi connectivity index (χ3v) is 3.80. The van der Waals surface area contributed by atoms with Gasteiger partial charge in [0, 0.05) is 18.8 Å². The minimum atomic E-state index is 0.0336. The smallest absolute Gasteiger partial charge is 0.257 e. The van der Waals surface area contributed by atoms with Gasteiger partial charge in [-0.3, -0.25) is 4.79 Å². The molecule has 1 fully saturated rings. The number of piperidine rings is 1.